The van der Waals surface area contributed by atoms with E-state index in [1.165, 1.54) is 16.8 Å². The topological polar surface area (TPSA) is 19.4 Å². The monoisotopic (exact) mass is 429 g/mol. The standard InChI is InChI=1S/C24H28ClN3.ClH/c1-24(2,3)20-6-4-18(5-7-20)17-27-12-14-28(15-13-27)21-8-9-22-19(16-21)10-11-26-23(22)25;/h4-11,16H,12-15,17H2,1-3H3;1H. The smallest absolute Gasteiger partial charge is 0.136 e. The van der Waals surface area contributed by atoms with Crippen LogP contribution in [0.15, 0.2) is 54.7 Å². The first kappa shape index (κ1) is 21.9. The molecule has 3 nitrogen and oxygen atoms in total. The van der Waals surface area contributed by atoms with Crippen molar-refractivity contribution in [1.29, 1.82) is 0 Å². The van der Waals surface area contributed by atoms with Crippen LogP contribution in [0.5, 0.6) is 0 Å². The van der Waals surface area contributed by atoms with E-state index in [1.54, 1.807) is 6.20 Å². The molecule has 2 heterocycles. The molecule has 0 aliphatic carbocycles. The quantitative estimate of drug-likeness (QED) is 0.480. The summed E-state index contributed by atoms with van der Waals surface area (Å²) in [7, 11) is 0. The highest BCUT2D eigenvalue weighted by molar-refractivity contribution is 6.34. The number of benzene rings is 2. The SMILES string of the molecule is CC(C)(C)c1ccc(CN2CCN(c3ccc4c(Cl)nccc4c3)CC2)cc1.Cl. The molecular formula is C24H29Cl2N3. The van der Waals surface area contributed by atoms with Crippen molar-refractivity contribution in [3.05, 3.63) is 71.0 Å². The van der Waals surface area contributed by atoms with Crippen LogP contribution >= 0.6 is 24.0 Å². The van der Waals surface area contributed by atoms with E-state index in [0.29, 0.717) is 5.15 Å². The van der Waals surface area contributed by atoms with Gasteiger partial charge in [0.25, 0.3) is 0 Å². The molecule has 0 saturated carbocycles. The largest absolute Gasteiger partial charge is 0.369 e. The number of hydrogen-bond donors (Lipinski definition) is 0. The molecule has 4 rings (SSSR count). The zero-order chi connectivity index (χ0) is 19.7. The normalized spacial score (nSPS) is 15.4. The van der Waals surface area contributed by atoms with Crippen LogP contribution in [0.2, 0.25) is 5.15 Å². The highest BCUT2D eigenvalue weighted by Crippen LogP contribution is 2.27. The summed E-state index contributed by atoms with van der Waals surface area (Å²) in [5.74, 6) is 0. The Morgan fingerprint density at radius 2 is 1.62 bits per heavy atom. The highest BCUT2D eigenvalue weighted by atomic mass is 35.5. The molecule has 2 aromatic carbocycles. The van der Waals surface area contributed by atoms with E-state index in [0.717, 1.165) is 43.5 Å². The third-order valence-corrected chi connectivity index (χ3v) is 5.96. The number of aromatic nitrogens is 1. The molecule has 1 aromatic heterocycles. The molecule has 0 bridgehead atoms. The van der Waals surface area contributed by atoms with Crippen molar-refractivity contribution < 1.29 is 0 Å². The lowest BCUT2D eigenvalue weighted by molar-refractivity contribution is 0.250. The van der Waals surface area contributed by atoms with Crippen LogP contribution in [0.4, 0.5) is 5.69 Å². The van der Waals surface area contributed by atoms with Gasteiger partial charge in [0.2, 0.25) is 0 Å². The second-order valence-electron chi connectivity index (χ2n) is 8.72. The van der Waals surface area contributed by atoms with Gasteiger partial charge in [-0.15, -0.1) is 12.4 Å². The molecule has 0 atom stereocenters. The van der Waals surface area contributed by atoms with E-state index >= 15 is 0 Å². The summed E-state index contributed by atoms with van der Waals surface area (Å²) in [4.78, 5) is 9.17. The van der Waals surface area contributed by atoms with Crippen molar-refractivity contribution in [3.63, 3.8) is 0 Å². The fourth-order valence-electron chi connectivity index (χ4n) is 3.86. The Hall–Kier alpha value is -1.81. The van der Waals surface area contributed by atoms with E-state index in [4.69, 9.17) is 11.6 Å². The van der Waals surface area contributed by atoms with Crippen molar-refractivity contribution in [1.82, 2.24) is 9.88 Å². The lowest BCUT2D eigenvalue weighted by atomic mass is 9.87. The number of fused-ring (bicyclic) bond motifs is 1. The first-order valence-electron chi connectivity index (χ1n) is 10.0. The Kier molecular flexibility index (Phi) is 6.72. The Morgan fingerprint density at radius 3 is 2.28 bits per heavy atom. The molecule has 0 N–H and O–H groups in total. The third-order valence-electron chi connectivity index (χ3n) is 5.66. The molecule has 154 valence electrons. The summed E-state index contributed by atoms with van der Waals surface area (Å²) in [6.45, 7) is 12.1. The van der Waals surface area contributed by atoms with Gasteiger partial charge < -0.3 is 4.90 Å². The number of pyridine rings is 1. The van der Waals surface area contributed by atoms with Crippen LogP contribution in [-0.4, -0.2) is 36.1 Å². The van der Waals surface area contributed by atoms with Crippen LogP contribution < -0.4 is 4.90 Å². The molecule has 0 amide bonds. The van der Waals surface area contributed by atoms with Crippen molar-refractivity contribution in [2.45, 2.75) is 32.7 Å². The number of piperazine rings is 1. The number of halogens is 2. The second kappa shape index (κ2) is 8.91. The van der Waals surface area contributed by atoms with E-state index in [9.17, 15) is 0 Å². The summed E-state index contributed by atoms with van der Waals surface area (Å²) in [5.41, 5.74) is 4.27. The number of hydrogen-bond acceptors (Lipinski definition) is 3. The Balaban J connectivity index is 0.00000240. The van der Waals surface area contributed by atoms with Crippen molar-refractivity contribution in [3.8, 4) is 0 Å². The Morgan fingerprint density at radius 1 is 0.931 bits per heavy atom. The average molecular weight is 430 g/mol. The first-order valence-corrected chi connectivity index (χ1v) is 10.4. The second-order valence-corrected chi connectivity index (χ2v) is 9.08. The number of anilines is 1. The van der Waals surface area contributed by atoms with Gasteiger partial charge >= 0.3 is 0 Å². The molecule has 1 saturated heterocycles. The molecular weight excluding hydrogens is 401 g/mol. The van der Waals surface area contributed by atoms with E-state index in [1.807, 2.05) is 6.07 Å². The minimum Gasteiger partial charge on any atom is -0.369 e. The van der Waals surface area contributed by atoms with Gasteiger partial charge in [0.05, 0.1) is 0 Å². The fourth-order valence-corrected chi connectivity index (χ4v) is 4.09. The summed E-state index contributed by atoms with van der Waals surface area (Å²) in [6.07, 6.45) is 1.78. The summed E-state index contributed by atoms with van der Waals surface area (Å²) >= 11 is 6.19. The average Bonchev–Trinajstić information content (AvgIpc) is 2.68. The maximum atomic E-state index is 6.19. The van der Waals surface area contributed by atoms with E-state index in [-0.39, 0.29) is 17.8 Å². The lowest BCUT2D eigenvalue weighted by Gasteiger charge is -2.36. The predicted octanol–water partition coefficient (Wildman–Crippen LogP) is 5.93. The minimum absolute atomic E-state index is 0. The van der Waals surface area contributed by atoms with Crippen molar-refractivity contribution >= 4 is 40.5 Å². The Bertz CT molecular complexity index is 956. The molecule has 3 aromatic rings. The lowest BCUT2D eigenvalue weighted by Crippen LogP contribution is -2.45. The molecule has 1 fully saturated rings. The zero-order valence-corrected chi connectivity index (χ0v) is 18.9. The van der Waals surface area contributed by atoms with Gasteiger partial charge in [-0.05, 0) is 46.2 Å². The third kappa shape index (κ3) is 5.03. The molecule has 1 aliphatic rings. The van der Waals surface area contributed by atoms with Gasteiger partial charge in [0.1, 0.15) is 5.15 Å². The van der Waals surface area contributed by atoms with Crippen LogP contribution in [0.25, 0.3) is 10.8 Å². The molecule has 5 heteroatoms. The van der Waals surface area contributed by atoms with Gasteiger partial charge in [0.15, 0.2) is 0 Å². The van der Waals surface area contributed by atoms with Gasteiger partial charge in [0, 0.05) is 50.0 Å². The summed E-state index contributed by atoms with van der Waals surface area (Å²) < 4.78 is 0. The van der Waals surface area contributed by atoms with Gasteiger partial charge in [-0.3, -0.25) is 4.90 Å². The van der Waals surface area contributed by atoms with Gasteiger partial charge in [-0.1, -0.05) is 56.6 Å². The van der Waals surface area contributed by atoms with Crippen LogP contribution in [0, 0.1) is 0 Å². The number of nitrogens with zero attached hydrogens (tertiary/aromatic N) is 3. The highest BCUT2D eigenvalue weighted by Gasteiger charge is 2.18. The first-order chi connectivity index (χ1) is 13.4. The van der Waals surface area contributed by atoms with Gasteiger partial charge in [-0.2, -0.15) is 0 Å². The predicted molar refractivity (Wildman–Crippen MR) is 127 cm³/mol. The van der Waals surface area contributed by atoms with Crippen molar-refractivity contribution in [2.24, 2.45) is 0 Å². The van der Waals surface area contributed by atoms with E-state index < -0.39 is 0 Å². The zero-order valence-electron chi connectivity index (χ0n) is 17.4. The molecule has 1 aliphatic heterocycles. The Labute approximate surface area is 185 Å². The van der Waals surface area contributed by atoms with Crippen LogP contribution in [-0.2, 0) is 12.0 Å². The molecule has 0 radical (unpaired) electrons. The van der Waals surface area contributed by atoms with Crippen molar-refractivity contribution in [2.75, 3.05) is 31.1 Å². The fraction of sp³-hybridized carbons (Fsp3) is 0.375. The number of rotatable bonds is 3. The van der Waals surface area contributed by atoms with Crippen LogP contribution in [0.1, 0.15) is 31.9 Å². The van der Waals surface area contributed by atoms with Gasteiger partial charge in [-0.25, -0.2) is 4.98 Å². The molecule has 29 heavy (non-hydrogen) atoms. The maximum Gasteiger partial charge on any atom is 0.136 e. The van der Waals surface area contributed by atoms with Crippen LogP contribution in [0.3, 0.4) is 0 Å². The maximum absolute atomic E-state index is 6.19. The molecule has 0 unspecified atom stereocenters. The molecule has 0 spiro atoms. The summed E-state index contributed by atoms with van der Waals surface area (Å²) in [6, 6.07) is 17.6. The summed E-state index contributed by atoms with van der Waals surface area (Å²) in [5, 5.41) is 2.75. The minimum atomic E-state index is 0. The van der Waals surface area contributed by atoms with E-state index in [2.05, 4.69) is 78.0 Å².